The molecule has 1 saturated heterocycles. The van der Waals surface area contributed by atoms with Crippen molar-refractivity contribution in [3.8, 4) is 0 Å². The first-order chi connectivity index (χ1) is 10.6. The number of hydrogen-bond donors (Lipinski definition) is 1. The number of hydrogen-bond acceptors (Lipinski definition) is 4. The highest BCUT2D eigenvalue weighted by Crippen LogP contribution is 2.11. The van der Waals surface area contributed by atoms with Crippen LogP contribution in [0, 0.1) is 0 Å². The molecule has 0 aromatic carbocycles. The lowest BCUT2D eigenvalue weighted by Gasteiger charge is -2.31. The Morgan fingerprint density at radius 1 is 1.23 bits per heavy atom. The number of piperidine rings is 1. The first-order valence-electron chi connectivity index (χ1n) is 8.25. The topological polar surface area (TPSA) is 67.2 Å². The lowest BCUT2D eigenvalue weighted by molar-refractivity contribution is 0.0903. The van der Waals surface area contributed by atoms with Crippen molar-refractivity contribution in [2.24, 2.45) is 0 Å². The maximum atomic E-state index is 12.3. The fourth-order valence-corrected chi connectivity index (χ4v) is 2.82. The van der Waals surface area contributed by atoms with Gasteiger partial charge in [0.15, 0.2) is 0 Å². The predicted octanol–water partition coefficient (Wildman–Crippen LogP) is 1.26. The standard InChI is InChI=1S/C16H26N4O2/c1-3-9-19-11-7-13(8-12-19)17-16(22)14-5-6-15(21)20(18-14)10-4-2/h5-6,13H,3-4,7-12H2,1-2H3,(H,17,22). The Kier molecular flexibility index (Phi) is 6.12. The quantitative estimate of drug-likeness (QED) is 0.859. The van der Waals surface area contributed by atoms with E-state index in [1.807, 2.05) is 6.92 Å². The number of nitrogens with one attached hydrogen (secondary N) is 1. The summed E-state index contributed by atoms with van der Waals surface area (Å²) in [5, 5.41) is 7.20. The molecular weight excluding hydrogens is 280 g/mol. The molecular formula is C16H26N4O2. The minimum absolute atomic E-state index is 0.161. The minimum atomic E-state index is -0.182. The van der Waals surface area contributed by atoms with Gasteiger partial charge in [-0.1, -0.05) is 13.8 Å². The van der Waals surface area contributed by atoms with Crippen LogP contribution in [-0.2, 0) is 6.54 Å². The van der Waals surface area contributed by atoms with Crippen LogP contribution in [0.1, 0.15) is 50.0 Å². The zero-order valence-corrected chi connectivity index (χ0v) is 13.5. The third-order valence-electron chi connectivity index (χ3n) is 4.00. The second-order valence-electron chi connectivity index (χ2n) is 5.87. The van der Waals surface area contributed by atoms with Gasteiger partial charge >= 0.3 is 0 Å². The van der Waals surface area contributed by atoms with Crippen LogP contribution in [0.3, 0.4) is 0 Å². The van der Waals surface area contributed by atoms with E-state index in [-0.39, 0.29) is 17.5 Å². The second-order valence-corrected chi connectivity index (χ2v) is 5.87. The molecule has 0 bridgehead atoms. The van der Waals surface area contributed by atoms with E-state index in [2.05, 4.69) is 22.2 Å². The van der Waals surface area contributed by atoms with Crippen LogP contribution in [0.25, 0.3) is 0 Å². The molecule has 0 spiro atoms. The number of aryl methyl sites for hydroxylation is 1. The summed E-state index contributed by atoms with van der Waals surface area (Å²) < 4.78 is 1.36. The van der Waals surface area contributed by atoms with Crippen LogP contribution >= 0.6 is 0 Å². The summed E-state index contributed by atoms with van der Waals surface area (Å²) >= 11 is 0. The third-order valence-corrected chi connectivity index (χ3v) is 4.00. The smallest absolute Gasteiger partial charge is 0.271 e. The highest BCUT2D eigenvalue weighted by molar-refractivity contribution is 5.92. The maximum Gasteiger partial charge on any atom is 0.271 e. The van der Waals surface area contributed by atoms with E-state index in [9.17, 15) is 9.59 Å². The Bertz CT molecular complexity index is 547. The molecule has 0 atom stereocenters. The van der Waals surface area contributed by atoms with E-state index in [1.165, 1.54) is 23.2 Å². The van der Waals surface area contributed by atoms with Crippen molar-refractivity contribution in [1.29, 1.82) is 0 Å². The molecule has 0 unspecified atom stereocenters. The van der Waals surface area contributed by atoms with Crippen LogP contribution in [-0.4, -0.2) is 46.3 Å². The van der Waals surface area contributed by atoms with Crippen LogP contribution in [0.2, 0.25) is 0 Å². The Morgan fingerprint density at radius 3 is 2.55 bits per heavy atom. The summed E-state index contributed by atoms with van der Waals surface area (Å²) in [5.74, 6) is -0.182. The first-order valence-corrected chi connectivity index (χ1v) is 8.25. The molecule has 6 heteroatoms. The number of aromatic nitrogens is 2. The molecule has 0 aliphatic carbocycles. The fourth-order valence-electron chi connectivity index (χ4n) is 2.82. The van der Waals surface area contributed by atoms with Crippen LogP contribution in [0.5, 0.6) is 0 Å². The minimum Gasteiger partial charge on any atom is -0.348 e. The normalized spacial score (nSPS) is 16.6. The average molecular weight is 306 g/mol. The van der Waals surface area contributed by atoms with Gasteiger partial charge in [0, 0.05) is 31.7 Å². The molecule has 0 radical (unpaired) electrons. The lowest BCUT2D eigenvalue weighted by Crippen LogP contribution is -2.45. The lowest BCUT2D eigenvalue weighted by atomic mass is 10.0. The fraction of sp³-hybridized carbons (Fsp3) is 0.688. The second kappa shape index (κ2) is 8.08. The maximum absolute atomic E-state index is 12.3. The summed E-state index contributed by atoms with van der Waals surface area (Å²) in [6.45, 7) is 7.89. The molecule has 1 aliphatic heterocycles. The molecule has 6 nitrogen and oxygen atoms in total. The third kappa shape index (κ3) is 4.40. The Hall–Kier alpha value is -1.69. The number of carbonyl (C=O) groups excluding carboxylic acids is 1. The Balaban J connectivity index is 1.93. The molecule has 1 fully saturated rings. The molecule has 1 aromatic rings. The van der Waals surface area contributed by atoms with Crippen molar-refractivity contribution >= 4 is 5.91 Å². The Morgan fingerprint density at radius 2 is 1.91 bits per heavy atom. The van der Waals surface area contributed by atoms with Gasteiger partial charge in [0.2, 0.25) is 0 Å². The first kappa shape index (κ1) is 16.7. The molecule has 0 saturated carbocycles. The predicted molar refractivity (Wildman–Crippen MR) is 86.0 cm³/mol. The average Bonchev–Trinajstić information content (AvgIpc) is 2.52. The van der Waals surface area contributed by atoms with Crippen molar-refractivity contribution in [3.63, 3.8) is 0 Å². The molecule has 1 aliphatic rings. The van der Waals surface area contributed by atoms with Crippen LogP contribution in [0.15, 0.2) is 16.9 Å². The molecule has 1 N–H and O–H groups in total. The van der Waals surface area contributed by atoms with Crippen molar-refractivity contribution in [2.45, 2.75) is 52.1 Å². The van der Waals surface area contributed by atoms with E-state index in [0.717, 1.165) is 38.9 Å². The highest BCUT2D eigenvalue weighted by Gasteiger charge is 2.21. The van der Waals surface area contributed by atoms with Gasteiger partial charge in [0.25, 0.3) is 11.5 Å². The van der Waals surface area contributed by atoms with Crippen molar-refractivity contribution in [3.05, 3.63) is 28.2 Å². The van der Waals surface area contributed by atoms with Crippen LogP contribution < -0.4 is 10.9 Å². The number of likely N-dealkylation sites (tertiary alicyclic amines) is 1. The van der Waals surface area contributed by atoms with Gasteiger partial charge in [0.1, 0.15) is 5.69 Å². The van der Waals surface area contributed by atoms with E-state index in [0.29, 0.717) is 12.2 Å². The molecule has 1 aromatic heterocycles. The molecule has 22 heavy (non-hydrogen) atoms. The van der Waals surface area contributed by atoms with Crippen molar-refractivity contribution < 1.29 is 4.79 Å². The zero-order chi connectivity index (χ0) is 15.9. The number of nitrogens with zero attached hydrogens (tertiary/aromatic N) is 3. The van der Waals surface area contributed by atoms with Gasteiger partial charge in [0.05, 0.1) is 0 Å². The van der Waals surface area contributed by atoms with E-state index in [1.54, 1.807) is 0 Å². The van der Waals surface area contributed by atoms with Crippen molar-refractivity contribution in [2.75, 3.05) is 19.6 Å². The summed E-state index contributed by atoms with van der Waals surface area (Å²) in [7, 11) is 0. The molecule has 2 heterocycles. The number of carbonyl (C=O) groups is 1. The van der Waals surface area contributed by atoms with Gasteiger partial charge in [-0.2, -0.15) is 5.10 Å². The largest absolute Gasteiger partial charge is 0.348 e. The van der Waals surface area contributed by atoms with Gasteiger partial charge in [-0.25, -0.2) is 4.68 Å². The molecule has 122 valence electrons. The highest BCUT2D eigenvalue weighted by atomic mass is 16.2. The number of rotatable bonds is 6. The monoisotopic (exact) mass is 306 g/mol. The van der Waals surface area contributed by atoms with Gasteiger partial charge in [-0.3, -0.25) is 9.59 Å². The van der Waals surface area contributed by atoms with E-state index >= 15 is 0 Å². The van der Waals surface area contributed by atoms with Gasteiger partial charge in [-0.05, 0) is 38.3 Å². The number of amides is 1. The summed E-state index contributed by atoms with van der Waals surface area (Å²) in [6, 6.07) is 3.13. The molecule has 1 amide bonds. The van der Waals surface area contributed by atoms with E-state index < -0.39 is 0 Å². The Labute approximate surface area is 131 Å². The summed E-state index contributed by atoms with van der Waals surface area (Å²) in [5.41, 5.74) is 0.162. The van der Waals surface area contributed by atoms with Crippen LogP contribution in [0.4, 0.5) is 0 Å². The molecule has 2 rings (SSSR count). The summed E-state index contributed by atoms with van der Waals surface area (Å²) in [4.78, 5) is 26.4. The van der Waals surface area contributed by atoms with Gasteiger partial charge < -0.3 is 10.2 Å². The van der Waals surface area contributed by atoms with Crippen molar-refractivity contribution in [1.82, 2.24) is 20.0 Å². The summed E-state index contributed by atoms with van der Waals surface area (Å²) in [6.07, 6.45) is 3.93. The zero-order valence-electron chi connectivity index (χ0n) is 13.5. The SMILES string of the molecule is CCCN1CCC(NC(=O)c2ccc(=O)n(CCC)n2)CC1. The van der Waals surface area contributed by atoms with E-state index in [4.69, 9.17) is 0 Å². The van der Waals surface area contributed by atoms with Gasteiger partial charge in [-0.15, -0.1) is 0 Å².